The van der Waals surface area contributed by atoms with Gasteiger partial charge in [-0.15, -0.1) is 11.3 Å². The Labute approximate surface area is 159 Å². The number of carbonyl (C=O) groups excluding carboxylic acids is 2. The third-order valence-electron chi connectivity index (χ3n) is 4.23. The van der Waals surface area contributed by atoms with Gasteiger partial charge in [0.15, 0.2) is 4.96 Å². The number of nitrogens with zero attached hydrogens (tertiary/aromatic N) is 2. The molecule has 7 heteroatoms. The number of hydrogen-bond acceptors (Lipinski definition) is 4. The fourth-order valence-corrected chi connectivity index (χ4v) is 3.66. The highest BCUT2D eigenvalue weighted by Crippen LogP contribution is 2.25. The SMILES string of the molecule is Cc1ccc(-c2cn3c(C(=O)Nc4ccccc4C(N)=O)csc3n2)cc1. The molecule has 2 amide bonds. The molecule has 0 atom stereocenters. The lowest BCUT2D eigenvalue weighted by molar-refractivity contribution is 0.100. The van der Waals surface area contributed by atoms with Crippen LogP contribution in [0.5, 0.6) is 0 Å². The molecule has 2 heterocycles. The Balaban J connectivity index is 1.67. The number of thiazole rings is 1. The van der Waals surface area contributed by atoms with Gasteiger partial charge in [-0.05, 0) is 19.1 Å². The summed E-state index contributed by atoms with van der Waals surface area (Å²) in [4.78, 5) is 29.6. The first-order valence-corrected chi connectivity index (χ1v) is 9.15. The average molecular weight is 376 g/mol. The Morgan fingerprint density at radius 1 is 1.11 bits per heavy atom. The summed E-state index contributed by atoms with van der Waals surface area (Å²) in [6.07, 6.45) is 1.84. The normalized spacial score (nSPS) is 10.9. The molecule has 0 aliphatic heterocycles. The summed E-state index contributed by atoms with van der Waals surface area (Å²) in [5.74, 6) is -0.923. The average Bonchev–Trinajstić information content (AvgIpc) is 3.23. The maximum Gasteiger partial charge on any atom is 0.273 e. The summed E-state index contributed by atoms with van der Waals surface area (Å²) >= 11 is 1.38. The third kappa shape index (κ3) is 3.20. The number of nitrogens with two attached hydrogens (primary N) is 1. The highest BCUT2D eigenvalue weighted by molar-refractivity contribution is 7.15. The molecule has 0 aliphatic rings. The first-order chi connectivity index (χ1) is 13.0. The molecular weight excluding hydrogens is 360 g/mol. The lowest BCUT2D eigenvalue weighted by atomic mass is 10.1. The van der Waals surface area contributed by atoms with Gasteiger partial charge in [-0.3, -0.25) is 14.0 Å². The molecule has 4 aromatic rings. The summed E-state index contributed by atoms with van der Waals surface area (Å²) in [5, 5.41) is 4.50. The summed E-state index contributed by atoms with van der Waals surface area (Å²) < 4.78 is 1.75. The zero-order valence-electron chi connectivity index (χ0n) is 14.5. The van der Waals surface area contributed by atoms with Crippen molar-refractivity contribution in [3.8, 4) is 11.3 Å². The molecule has 0 saturated heterocycles. The number of fused-ring (bicyclic) bond motifs is 1. The van der Waals surface area contributed by atoms with Gasteiger partial charge in [-0.1, -0.05) is 42.0 Å². The summed E-state index contributed by atoms with van der Waals surface area (Å²) in [7, 11) is 0. The van der Waals surface area contributed by atoms with Crippen LogP contribution in [0.2, 0.25) is 0 Å². The minimum absolute atomic E-state index is 0.267. The topological polar surface area (TPSA) is 89.5 Å². The lowest BCUT2D eigenvalue weighted by Crippen LogP contribution is -2.19. The van der Waals surface area contributed by atoms with Gasteiger partial charge >= 0.3 is 0 Å². The van der Waals surface area contributed by atoms with Crippen molar-refractivity contribution in [2.45, 2.75) is 6.92 Å². The first-order valence-electron chi connectivity index (χ1n) is 8.27. The van der Waals surface area contributed by atoms with Gasteiger partial charge in [0.25, 0.3) is 11.8 Å². The van der Waals surface area contributed by atoms with Gasteiger partial charge in [0.1, 0.15) is 5.69 Å². The van der Waals surface area contributed by atoms with Gasteiger partial charge in [0.05, 0.1) is 16.9 Å². The molecule has 2 aromatic carbocycles. The largest absolute Gasteiger partial charge is 0.366 e. The molecule has 0 saturated carbocycles. The second-order valence-corrected chi connectivity index (χ2v) is 6.97. The summed E-state index contributed by atoms with van der Waals surface area (Å²) in [6, 6.07) is 14.7. The van der Waals surface area contributed by atoms with Crippen LogP contribution >= 0.6 is 11.3 Å². The lowest BCUT2D eigenvalue weighted by Gasteiger charge is -2.08. The molecule has 0 fully saturated rings. The number of anilines is 1. The second kappa shape index (κ2) is 6.69. The summed E-state index contributed by atoms with van der Waals surface area (Å²) in [5.41, 5.74) is 9.43. The van der Waals surface area contributed by atoms with Crippen LogP contribution in [0.4, 0.5) is 5.69 Å². The van der Waals surface area contributed by atoms with Crippen molar-refractivity contribution in [1.82, 2.24) is 9.38 Å². The molecule has 6 nitrogen and oxygen atoms in total. The van der Waals surface area contributed by atoms with Crippen molar-refractivity contribution in [2.24, 2.45) is 5.73 Å². The Morgan fingerprint density at radius 3 is 2.59 bits per heavy atom. The van der Waals surface area contributed by atoms with E-state index in [0.29, 0.717) is 11.4 Å². The third-order valence-corrected chi connectivity index (χ3v) is 5.07. The van der Waals surface area contributed by atoms with Crippen molar-refractivity contribution in [3.05, 3.63) is 76.9 Å². The molecular formula is C20H16N4O2S. The van der Waals surface area contributed by atoms with Crippen LogP contribution in [0.1, 0.15) is 26.4 Å². The highest BCUT2D eigenvalue weighted by Gasteiger charge is 2.17. The van der Waals surface area contributed by atoms with E-state index in [-0.39, 0.29) is 11.5 Å². The van der Waals surface area contributed by atoms with Gasteiger partial charge in [-0.25, -0.2) is 4.98 Å². The molecule has 0 radical (unpaired) electrons. The van der Waals surface area contributed by atoms with E-state index >= 15 is 0 Å². The minimum atomic E-state index is -0.592. The zero-order valence-corrected chi connectivity index (χ0v) is 15.3. The van der Waals surface area contributed by atoms with Crippen LogP contribution in [-0.2, 0) is 0 Å². The first kappa shape index (κ1) is 17.0. The molecule has 4 rings (SSSR count). The van der Waals surface area contributed by atoms with E-state index in [4.69, 9.17) is 5.73 Å². The van der Waals surface area contributed by atoms with E-state index in [2.05, 4.69) is 10.3 Å². The number of benzene rings is 2. The van der Waals surface area contributed by atoms with Crippen LogP contribution in [0, 0.1) is 6.92 Å². The van der Waals surface area contributed by atoms with E-state index in [1.54, 1.807) is 34.0 Å². The van der Waals surface area contributed by atoms with E-state index in [1.807, 2.05) is 37.4 Å². The van der Waals surface area contributed by atoms with Gasteiger partial charge in [0, 0.05) is 17.1 Å². The number of primary amides is 1. The molecule has 0 bridgehead atoms. The van der Waals surface area contributed by atoms with Crippen molar-refractivity contribution in [3.63, 3.8) is 0 Å². The van der Waals surface area contributed by atoms with Crippen LogP contribution in [0.3, 0.4) is 0 Å². The van der Waals surface area contributed by atoms with Crippen molar-refractivity contribution in [2.75, 3.05) is 5.32 Å². The second-order valence-electron chi connectivity index (χ2n) is 6.13. The Bertz CT molecular complexity index is 1160. The van der Waals surface area contributed by atoms with Crippen LogP contribution in [-0.4, -0.2) is 21.2 Å². The van der Waals surface area contributed by atoms with Crippen LogP contribution < -0.4 is 11.1 Å². The fourth-order valence-electron chi connectivity index (χ4n) is 2.80. The number of aromatic nitrogens is 2. The predicted octanol–water partition coefficient (Wildman–Crippen LogP) is 3.72. The summed E-state index contributed by atoms with van der Waals surface area (Å²) in [6.45, 7) is 2.03. The van der Waals surface area contributed by atoms with E-state index in [9.17, 15) is 9.59 Å². The number of amides is 2. The van der Waals surface area contributed by atoms with Gasteiger partial charge in [0.2, 0.25) is 0 Å². The van der Waals surface area contributed by atoms with Crippen molar-refractivity contribution < 1.29 is 9.59 Å². The maximum absolute atomic E-state index is 12.7. The van der Waals surface area contributed by atoms with Crippen LogP contribution in [0.25, 0.3) is 16.2 Å². The molecule has 27 heavy (non-hydrogen) atoms. The number of para-hydroxylation sites is 1. The number of nitrogens with one attached hydrogen (secondary N) is 1. The quantitative estimate of drug-likeness (QED) is 0.569. The maximum atomic E-state index is 12.7. The zero-order chi connectivity index (χ0) is 19.0. The monoisotopic (exact) mass is 376 g/mol. The van der Waals surface area contributed by atoms with Crippen molar-refractivity contribution >= 4 is 33.8 Å². The number of rotatable bonds is 4. The Kier molecular flexibility index (Phi) is 4.21. The standard InChI is InChI=1S/C20H16N4O2S/c1-12-6-8-13(9-7-12)16-10-24-17(11-27-20(24)23-16)19(26)22-15-5-3-2-4-14(15)18(21)25/h2-11H,1H3,(H2,21,25)(H,22,26). The van der Waals surface area contributed by atoms with Crippen LogP contribution in [0.15, 0.2) is 60.1 Å². The number of hydrogen-bond donors (Lipinski definition) is 2. The van der Waals surface area contributed by atoms with Gasteiger partial charge < -0.3 is 11.1 Å². The number of carbonyl (C=O) groups is 2. The number of imidazole rings is 1. The Morgan fingerprint density at radius 2 is 1.85 bits per heavy atom. The molecule has 0 unspecified atom stereocenters. The molecule has 134 valence electrons. The van der Waals surface area contributed by atoms with E-state index in [0.717, 1.165) is 16.2 Å². The van der Waals surface area contributed by atoms with Gasteiger partial charge in [-0.2, -0.15) is 0 Å². The highest BCUT2D eigenvalue weighted by atomic mass is 32.1. The molecule has 0 aliphatic carbocycles. The molecule has 3 N–H and O–H groups in total. The predicted molar refractivity (Wildman–Crippen MR) is 106 cm³/mol. The minimum Gasteiger partial charge on any atom is -0.366 e. The Hall–Kier alpha value is -3.45. The molecule has 0 spiro atoms. The molecule has 2 aromatic heterocycles. The number of aryl methyl sites for hydroxylation is 1. The fraction of sp³-hybridized carbons (Fsp3) is 0.0500. The smallest absolute Gasteiger partial charge is 0.273 e. The van der Waals surface area contributed by atoms with Crippen molar-refractivity contribution in [1.29, 1.82) is 0 Å². The van der Waals surface area contributed by atoms with E-state index < -0.39 is 5.91 Å². The van der Waals surface area contributed by atoms with E-state index in [1.165, 1.54) is 16.9 Å².